The Morgan fingerprint density at radius 2 is 1.96 bits per heavy atom. The molecule has 140 valence electrons. The van der Waals surface area contributed by atoms with Gasteiger partial charge < -0.3 is 4.90 Å². The summed E-state index contributed by atoms with van der Waals surface area (Å²) in [5, 5.41) is 0. The Bertz CT molecular complexity index is 963. The van der Waals surface area contributed by atoms with Gasteiger partial charge in [0.25, 0.3) is 0 Å². The van der Waals surface area contributed by atoms with Gasteiger partial charge in [-0.3, -0.25) is 4.90 Å². The van der Waals surface area contributed by atoms with Crippen molar-refractivity contribution in [2.75, 3.05) is 31.1 Å². The van der Waals surface area contributed by atoms with Gasteiger partial charge in [-0.05, 0) is 50.9 Å². The Kier molecular flexibility index (Phi) is 4.13. The average Bonchev–Trinajstić information content (AvgIpc) is 3.35. The van der Waals surface area contributed by atoms with Crippen molar-refractivity contribution in [1.82, 2.24) is 19.9 Å². The molecule has 1 unspecified atom stereocenters. The Morgan fingerprint density at radius 1 is 1.07 bits per heavy atom. The third kappa shape index (κ3) is 3.32. The van der Waals surface area contributed by atoms with Crippen LogP contribution in [0.5, 0.6) is 0 Å². The monoisotopic (exact) mass is 379 g/mol. The number of aryl methyl sites for hydroxylation is 2. The highest BCUT2D eigenvalue weighted by atomic mass is 32.1. The molecular weight excluding hydrogens is 354 g/mol. The molecule has 0 aliphatic carbocycles. The van der Waals surface area contributed by atoms with Gasteiger partial charge in [-0.1, -0.05) is 6.07 Å². The molecule has 1 aromatic carbocycles. The standard InChI is InChI=1S/C21H25N5S/c1-15-9-20(24-16(2)23-15)26-8-6-21(13-26)5-7-25(12-21)11-17-3-4-19-18(10-17)22-14-27-19/h3-4,9-10,14H,5-8,11-13H2,1-2H3. The van der Waals surface area contributed by atoms with E-state index in [1.807, 2.05) is 12.4 Å². The lowest BCUT2D eigenvalue weighted by Crippen LogP contribution is -2.31. The van der Waals surface area contributed by atoms with Crippen LogP contribution in [0, 0.1) is 19.3 Å². The van der Waals surface area contributed by atoms with Crippen molar-refractivity contribution in [1.29, 1.82) is 0 Å². The number of nitrogens with zero attached hydrogens (tertiary/aromatic N) is 5. The Labute approximate surface area is 164 Å². The first-order valence-corrected chi connectivity index (χ1v) is 10.6. The first kappa shape index (κ1) is 17.1. The third-order valence-corrected chi connectivity index (χ3v) is 6.84. The summed E-state index contributed by atoms with van der Waals surface area (Å²) in [6.07, 6.45) is 2.54. The number of likely N-dealkylation sites (tertiary alicyclic amines) is 1. The molecule has 4 heterocycles. The molecule has 2 aromatic heterocycles. The lowest BCUT2D eigenvalue weighted by atomic mass is 9.86. The van der Waals surface area contributed by atoms with Gasteiger partial charge in [0.2, 0.25) is 0 Å². The highest BCUT2D eigenvalue weighted by Gasteiger charge is 2.43. The van der Waals surface area contributed by atoms with Crippen LogP contribution >= 0.6 is 11.3 Å². The van der Waals surface area contributed by atoms with Crippen molar-refractivity contribution in [3.63, 3.8) is 0 Å². The number of thiazole rings is 1. The van der Waals surface area contributed by atoms with Gasteiger partial charge in [-0.2, -0.15) is 0 Å². The molecule has 2 aliphatic rings. The fraction of sp³-hybridized carbons (Fsp3) is 0.476. The van der Waals surface area contributed by atoms with Crippen molar-refractivity contribution in [3.8, 4) is 0 Å². The first-order valence-electron chi connectivity index (χ1n) is 9.70. The Hall–Kier alpha value is -2.05. The maximum Gasteiger partial charge on any atom is 0.132 e. The van der Waals surface area contributed by atoms with Crippen LogP contribution in [0.25, 0.3) is 10.2 Å². The Balaban J connectivity index is 1.27. The van der Waals surface area contributed by atoms with E-state index in [2.05, 4.69) is 55.9 Å². The van der Waals surface area contributed by atoms with Crippen LogP contribution in [0.15, 0.2) is 29.8 Å². The van der Waals surface area contributed by atoms with Crippen LogP contribution in [0.3, 0.4) is 0 Å². The fourth-order valence-corrected chi connectivity index (χ4v) is 5.40. The molecular formula is C21H25N5S. The molecule has 3 aromatic rings. The van der Waals surface area contributed by atoms with Crippen LogP contribution in [0.1, 0.15) is 29.9 Å². The maximum atomic E-state index is 4.68. The normalized spacial score (nSPS) is 23.1. The van der Waals surface area contributed by atoms with E-state index in [1.54, 1.807) is 11.3 Å². The van der Waals surface area contributed by atoms with E-state index < -0.39 is 0 Å². The molecule has 2 fully saturated rings. The second-order valence-electron chi connectivity index (χ2n) is 8.20. The maximum absolute atomic E-state index is 4.68. The topological polar surface area (TPSA) is 45.2 Å². The number of fused-ring (bicyclic) bond motifs is 1. The van der Waals surface area contributed by atoms with Gasteiger partial charge >= 0.3 is 0 Å². The summed E-state index contributed by atoms with van der Waals surface area (Å²) in [5.41, 5.74) is 5.92. The summed E-state index contributed by atoms with van der Waals surface area (Å²) >= 11 is 1.71. The zero-order chi connectivity index (χ0) is 18.4. The fourth-order valence-electron chi connectivity index (χ4n) is 4.75. The quantitative estimate of drug-likeness (QED) is 0.692. The molecule has 27 heavy (non-hydrogen) atoms. The summed E-state index contributed by atoms with van der Waals surface area (Å²) in [5.74, 6) is 1.97. The van der Waals surface area contributed by atoms with Gasteiger partial charge in [0.1, 0.15) is 11.6 Å². The van der Waals surface area contributed by atoms with Crippen LogP contribution < -0.4 is 4.90 Å². The number of hydrogen-bond donors (Lipinski definition) is 0. The van der Waals surface area contributed by atoms with E-state index in [0.29, 0.717) is 5.41 Å². The van der Waals surface area contributed by atoms with Crippen molar-refractivity contribution < 1.29 is 0 Å². The smallest absolute Gasteiger partial charge is 0.132 e. The van der Waals surface area contributed by atoms with Gasteiger partial charge in [0.05, 0.1) is 15.7 Å². The Morgan fingerprint density at radius 3 is 2.85 bits per heavy atom. The van der Waals surface area contributed by atoms with Crippen LogP contribution in [-0.2, 0) is 6.54 Å². The summed E-state index contributed by atoms with van der Waals surface area (Å²) in [6, 6.07) is 8.86. The molecule has 0 saturated carbocycles. The molecule has 5 nitrogen and oxygen atoms in total. The van der Waals surface area contributed by atoms with Gasteiger partial charge in [-0.15, -0.1) is 11.3 Å². The molecule has 0 amide bonds. The predicted molar refractivity (Wildman–Crippen MR) is 110 cm³/mol. The lowest BCUT2D eigenvalue weighted by Gasteiger charge is -2.25. The van der Waals surface area contributed by atoms with Crippen molar-refractivity contribution in [3.05, 3.63) is 46.9 Å². The van der Waals surface area contributed by atoms with Gasteiger partial charge in [0, 0.05) is 43.4 Å². The SMILES string of the molecule is Cc1cc(N2CCC3(CCN(Cc4ccc5scnc5c4)C3)C2)nc(C)n1. The van der Waals surface area contributed by atoms with E-state index in [4.69, 9.17) is 0 Å². The van der Waals surface area contributed by atoms with E-state index in [-0.39, 0.29) is 0 Å². The highest BCUT2D eigenvalue weighted by Crippen LogP contribution is 2.41. The highest BCUT2D eigenvalue weighted by molar-refractivity contribution is 7.16. The van der Waals surface area contributed by atoms with Gasteiger partial charge in [0.15, 0.2) is 0 Å². The predicted octanol–water partition coefficient (Wildman–Crippen LogP) is 3.81. The summed E-state index contributed by atoms with van der Waals surface area (Å²) < 4.78 is 1.28. The van der Waals surface area contributed by atoms with Crippen molar-refractivity contribution in [2.24, 2.45) is 5.41 Å². The molecule has 1 atom stereocenters. The minimum Gasteiger partial charge on any atom is -0.356 e. The molecule has 6 heteroatoms. The van der Waals surface area contributed by atoms with Crippen LogP contribution in [0.4, 0.5) is 5.82 Å². The summed E-state index contributed by atoms with van der Waals surface area (Å²) in [7, 11) is 0. The third-order valence-electron chi connectivity index (χ3n) is 6.03. The van der Waals surface area contributed by atoms with Gasteiger partial charge in [-0.25, -0.2) is 15.0 Å². The van der Waals surface area contributed by atoms with Crippen molar-refractivity contribution in [2.45, 2.75) is 33.2 Å². The second kappa shape index (κ2) is 6.53. The zero-order valence-corrected chi connectivity index (χ0v) is 16.8. The van der Waals surface area contributed by atoms with E-state index in [1.165, 1.54) is 36.2 Å². The minimum atomic E-state index is 0.414. The number of aromatic nitrogens is 3. The van der Waals surface area contributed by atoms with Crippen molar-refractivity contribution >= 4 is 27.4 Å². The number of anilines is 1. The molecule has 0 radical (unpaired) electrons. The molecule has 1 spiro atoms. The molecule has 2 saturated heterocycles. The zero-order valence-electron chi connectivity index (χ0n) is 16.0. The number of benzene rings is 1. The summed E-state index contributed by atoms with van der Waals surface area (Å²) in [6.45, 7) is 9.66. The lowest BCUT2D eigenvalue weighted by molar-refractivity contribution is 0.270. The second-order valence-corrected chi connectivity index (χ2v) is 9.09. The largest absolute Gasteiger partial charge is 0.356 e. The van der Waals surface area contributed by atoms with Crippen LogP contribution in [0.2, 0.25) is 0 Å². The van der Waals surface area contributed by atoms with Crippen LogP contribution in [-0.4, -0.2) is 46.0 Å². The molecule has 2 aliphatic heterocycles. The number of hydrogen-bond acceptors (Lipinski definition) is 6. The average molecular weight is 380 g/mol. The van der Waals surface area contributed by atoms with E-state index in [9.17, 15) is 0 Å². The molecule has 0 N–H and O–H groups in total. The number of rotatable bonds is 3. The molecule has 5 rings (SSSR count). The summed E-state index contributed by atoms with van der Waals surface area (Å²) in [4.78, 5) is 18.6. The molecule has 0 bridgehead atoms. The van der Waals surface area contributed by atoms with E-state index in [0.717, 1.165) is 42.5 Å². The minimum absolute atomic E-state index is 0.414. The first-order chi connectivity index (χ1) is 13.1. The van der Waals surface area contributed by atoms with E-state index >= 15 is 0 Å².